The van der Waals surface area contributed by atoms with Crippen LogP contribution in [0.15, 0.2) is 45.9 Å². The van der Waals surface area contributed by atoms with Gasteiger partial charge in [-0.15, -0.1) is 0 Å². The highest BCUT2D eigenvalue weighted by Gasteiger charge is 2.13. The first-order valence-electron chi connectivity index (χ1n) is 4.48. The van der Waals surface area contributed by atoms with Gasteiger partial charge in [0, 0.05) is 6.20 Å². The molecule has 0 saturated heterocycles. The van der Waals surface area contributed by atoms with E-state index >= 15 is 0 Å². The molecule has 0 bridgehead atoms. The van der Waals surface area contributed by atoms with Gasteiger partial charge in [-0.3, -0.25) is 4.79 Å². The van der Waals surface area contributed by atoms with Crippen LogP contribution in [0.1, 0.15) is 0 Å². The lowest BCUT2D eigenvalue weighted by atomic mass is 10.1. The van der Waals surface area contributed by atoms with Crippen LogP contribution >= 0.6 is 0 Å². The van der Waals surface area contributed by atoms with Crippen molar-refractivity contribution >= 4 is 11.0 Å². The molecule has 72 valence electrons. The molecule has 2 aliphatic rings. The molecule has 1 aromatic rings. The molecule has 0 aromatic carbocycles. The van der Waals surface area contributed by atoms with Gasteiger partial charge in [-0.1, -0.05) is 0 Å². The third-order valence-electron chi connectivity index (χ3n) is 2.23. The van der Waals surface area contributed by atoms with Crippen molar-refractivity contribution in [1.29, 1.82) is 0 Å². The van der Waals surface area contributed by atoms with E-state index in [1.807, 2.05) is 0 Å². The maximum absolute atomic E-state index is 11.9. The topological polar surface area (TPSA) is 56.0 Å². The Morgan fingerprint density at radius 3 is 3.07 bits per heavy atom. The maximum atomic E-state index is 11.9. The number of hydrogen-bond donors (Lipinski definition) is 0. The standard InChI is InChI=1S/C11H6N2O2/c14-9-7-3-1-5-12-10(7)13-11-8(9)4-2-6-15-11/h1-6H. The molecule has 0 amide bonds. The molecule has 1 aromatic heterocycles. The predicted octanol–water partition coefficient (Wildman–Crippen LogP) is 1.69. The van der Waals surface area contributed by atoms with Crippen LogP contribution in [0.5, 0.6) is 0 Å². The minimum atomic E-state index is -0.0903. The molecule has 2 aliphatic heterocycles. The monoisotopic (exact) mass is 198 g/mol. The van der Waals surface area contributed by atoms with Crippen LogP contribution in [0, 0.1) is 0 Å². The van der Waals surface area contributed by atoms with E-state index in [1.54, 1.807) is 30.5 Å². The van der Waals surface area contributed by atoms with Crippen molar-refractivity contribution < 1.29 is 4.42 Å². The normalized spacial score (nSPS) is 10.9. The molecule has 4 heteroatoms. The zero-order chi connectivity index (χ0) is 10.3. The number of hydrogen-bond acceptors (Lipinski definition) is 4. The summed E-state index contributed by atoms with van der Waals surface area (Å²) in [6.45, 7) is 0. The van der Waals surface area contributed by atoms with Crippen molar-refractivity contribution in [2.75, 3.05) is 0 Å². The second-order valence-electron chi connectivity index (χ2n) is 3.15. The summed E-state index contributed by atoms with van der Waals surface area (Å²) in [5, 5.41) is 0.520. The van der Waals surface area contributed by atoms with Crippen molar-refractivity contribution in [1.82, 2.24) is 9.97 Å². The molecule has 4 nitrogen and oxygen atoms in total. The predicted molar refractivity (Wildman–Crippen MR) is 54.7 cm³/mol. The lowest BCUT2D eigenvalue weighted by molar-refractivity contribution is 0.549. The Kier molecular flexibility index (Phi) is 1.56. The average Bonchev–Trinajstić information content (AvgIpc) is 2.30. The van der Waals surface area contributed by atoms with E-state index in [0.717, 1.165) is 0 Å². The summed E-state index contributed by atoms with van der Waals surface area (Å²) < 4.78 is 5.15. The Hall–Kier alpha value is -2.23. The Morgan fingerprint density at radius 1 is 1.20 bits per heavy atom. The fourth-order valence-electron chi connectivity index (χ4n) is 1.54. The van der Waals surface area contributed by atoms with Crippen LogP contribution in [-0.2, 0) is 0 Å². The first kappa shape index (κ1) is 8.11. The smallest absolute Gasteiger partial charge is 0.231 e. The lowest BCUT2D eigenvalue weighted by Crippen LogP contribution is -2.08. The van der Waals surface area contributed by atoms with E-state index in [9.17, 15) is 4.79 Å². The van der Waals surface area contributed by atoms with E-state index < -0.39 is 0 Å². The van der Waals surface area contributed by atoms with Gasteiger partial charge in [0.2, 0.25) is 11.3 Å². The highest BCUT2D eigenvalue weighted by molar-refractivity contribution is 5.80. The lowest BCUT2D eigenvalue weighted by Gasteiger charge is -2.02. The molecule has 0 aliphatic carbocycles. The SMILES string of the molecule is O=c1c2cccoc-2nc2ncccc12. The van der Waals surface area contributed by atoms with E-state index in [-0.39, 0.29) is 5.43 Å². The quantitative estimate of drug-likeness (QED) is 0.516. The third-order valence-corrected chi connectivity index (χ3v) is 2.23. The molecule has 0 spiro atoms. The minimum absolute atomic E-state index is 0.0903. The van der Waals surface area contributed by atoms with Gasteiger partial charge < -0.3 is 4.42 Å². The zero-order valence-electron chi connectivity index (χ0n) is 7.68. The summed E-state index contributed by atoms with van der Waals surface area (Å²) in [4.78, 5) is 20.1. The van der Waals surface area contributed by atoms with Gasteiger partial charge in [0.05, 0.1) is 17.2 Å². The van der Waals surface area contributed by atoms with Crippen LogP contribution < -0.4 is 5.43 Å². The summed E-state index contributed by atoms with van der Waals surface area (Å²) in [5.74, 6) is 0.328. The van der Waals surface area contributed by atoms with Crippen molar-refractivity contribution in [3.05, 3.63) is 46.9 Å². The highest BCUT2D eigenvalue weighted by Crippen LogP contribution is 2.17. The molecule has 15 heavy (non-hydrogen) atoms. The van der Waals surface area contributed by atoms with Crippen LogP contribution in [0.25, 0.3) is 22.5 Å². The average molecular weight is 198 g/mol. The van der Waals surface area contributed by atoms with Gasteiger partial charge in [0.25, 0.3) is 0 Å². The Labute approximate surface area is 84.6 Å². The Morgan fingerprint density at radius 2 is 2.13 bits per heavy atom. The molecule has 0 fully saturated rings. The Balaban J connectivity index is 2.62. The molecule has 0 atom stereocenters. The van der Waals surface area contributed by atoms with Gasteiger partial charge in [0.15, 0.2) is 5.65 Å². The molecule has 0 saturated carbocycles. The second kappa shape index (κ2) is 2.88. The molecular weight excluding hydrogens is 192 g/mol. The molecule has 0 radical (unpaired) electrons. The first-order chi connectivity index (χ1) is 7.36. The number of nitrogens with zero attached hydrogens (tertiary/aromatic N) is 2. The van der Waals surface area contributed by atoms with Crippen LogP contribution in [0.3, 0.4) is 0 Å². The molecular formula is C11H6N2O2. The third kappa shape index (κ3) is 1.11. The van der Waals surface area contributed by atoms with Crippen molar-refractivity contribution in [3.8, 4) is 11.5 Å². The van der Waals surface area contributed by atoms with Crippen molar-refractivity contribution in [3.63, 3.8) is 0 Å². The van der Waals surface area contributed by atoms with Gasteiger partial charge in [-0.2, -0.15) is 4.98 Å². The van der Waals surface area contributed by atoms with E-state index in [4.69, 9.17) is 4.42 Å². The van der Waals surface area contributed by atoms with Crippen LogP contribution in [-0.4, -0.2) is 9.97 Å². The van der Waals surface area contributed by atoms with Crippen molar-refractivity contribution in [2.24, 2.45) is 0 Å². The van der Waals surface area contributed by atoms with Crippen molar-refractivity contribution in [2.45, 2.75) is 0 Å². The molecule has 0 N–H and O–H groups in total. The largest absolute Gasteiger partial charge is 0.446 e. The number of rotatable bonds is 0. The van der Waals surface area contributed by atoms with E-state index in [1.165, 1.54) is 6.26 Å². The number of aromatic nitrogens is 2. The minimum Gasteiger partial charge on any atom is -0.446 e. The summed E-state index contributed by atoms with van der Waals surface area (Å²) in [6, 6.07) is 6.80. The summed E-state index contributed by atoms with van der Waals surface area (Å²) in [7, 11) is 0. The molecule has 3 heterocycles. The van der Waals surface area contributed by atoms with Gasteiger partial charge in [-0.25, -0.2) is 4.98 Å². The molecule has 3 rings (SSSR count). The number of pyridine rings is 2. The first-order valence-corrected chi connectivity index (χ1v) is 4.48. The van der Waals surface area contributed by atoms with E-state index in [0.29, 0.717) is 22.5 Å². The Bertz CT molecular complexity index is 659. The summed E-state index contributed by atoms with van der Waals surface area (Å²) >= 11 is 0. The van der Waals surface area contributed by atoms with Crippen LogP contribution in [0.4, 0.5) is 0 Å². The van der Waals surface area contributed by atoms with Gasteiger partial charge in [0.1, 0.15) is 0 Å². The summed E-state index contributed by atoms with van der Waals surface area (Å²) in [6.07, 6.45) is 3.09. The fraction of sp³-hybridized carbons (Fsp3) is 0. The van der Waals surface area contributed by atoms with E-state index in [2.05, 4.69) is 9.97 Å². The second-order valence-corrected chi connectivity index (χ2v) is 3.15. The van der Waals surface area contributed by atoms with Gasteiger partial charge >= 0.3 is 0 Å². The number of fused-ring (bicyclic) bond motifs is 2. The zero-order valence-corrected chi connectivity index (χ0v) is 7.68. The summed E-state index contributed by atoms with van der Waals surface area (Å²) in [5.41, 5.74) is 0.815. The van der Waals surface area contributed by atoms with Gasteiger partial charge in [-0.05, 0) is 24.3 Å². The maximum Gasteiger partial charge on any atom is 0.231 e. The highest BCUT2D eigenvalue weighted by atomic mass is 16.3. The molecule has 0 unspecified atom stereocenters. The van der Waals surface area contributed by atoms with Crippen LogP contribution in [0.2, 0.25) is 0 Å². The fourth-order valence-corrected chi connectivity index (χ4v) is 1.54.